The maximum Gasteiger partial charge on any atom is 0.194 e. The van der Waals surface area contributed by atoms with Crippen LogP contribution in [0, 0.1) is 22.2 Å². The maximum atomic E-state index is 13.4. The Morgan fingerprint density at radius 1 is 1.29 bits per heavy atom. The van der Waals surface area contributed by atoms with Crippen molar-refractivity contribution in [2.24, 2.45) is 7.05 Å². The molecule has 1 aromatic carbocycles. The topological polar surface area (TPSA) is 110 Å². The second-order valence-corrected chi connectivity index (χ2v) is 8.29. The van der Waals surface area contributed by atoms with Gasteiger partial charge in [-0.15, -0.1) is 0 Å². The lowest BCUT2D eigenvalue weighted by molar-refractivity contribution is 0.175. The minimum Gasteiger partial charge on any atom is -0.391 e. The fourth-order valence-corrected chi connectivity index (χ4v) is 4.56. The van der Waals surface area contributed by atoms with Gasteiger partial charge in [0, 0.05) is 36.6 Å². The Morgan fingerprint density at radius 2 is 1.89 bits per heavy atom. The first-order valence-electron chi connectivity index (χ1n) is 8.22. The minimum absolute atomic E-state index is 0.0849. The lowest BCUT2D eigenvalue weighted by Crippen LogP contribution is -2.39. The number of rotatable bonds is 4. The van der Waals surface area contributed by atoms with Crippen LogP contribution in [0.5, 0.6) is 0 Å². The van der Waals surface area contributed by atoms with Crippen LogP contribution >= 0.6 is 0 Å². The quantitative estimate of drug-likeness (QED) is 0.389. The van der Waals surface area contributed by atoms with E-state index in [1.807, 2.05) is 0 Å². The summed E-state index contributed by atoms with van der Waals surface area (Å²) in [5.74, 6) is -4.46. The zero-order valence-corrected chi connectivity index (χ0v) is 15.7. The average Bonchev–Trinajstić information content (AvgIpc) is 2.87. The molecule has 1 aliphatic heterocycles. The molecule has 1 aromatic heterocycles. The van der Waals surface area contributed by atoms with Gasteiger partial charge in [0.25, 0.3) is 0 Å². The van der Waals surface area contributed by atoms with E-state index in [0.29, 0.717) is 12.1 Å². The van der Waals surface area contributed by atoms with Crippen LogP contribution in [-0.2, 0) is 17.0 Å². The van der Waals surface area contributed by atoms with Crippen molar-refractivity contribution < 1.29 is 27.6 Å². The first-order valence-corrected chi connectivity index (χ1v) is 9.77. The van der Waals surface area contributed by atoms with Crippen molar-refractivity contribution in [3.8, 4) is 0 Å². The molecule has 7 nitrogen and oxygen atoms in total. The number of benzene rings is 1. The van der Waals surface area contributed by atoms with E-state index in [1.54, 1.807) is 0 Å². The largest absolute Gasteiger partial charge is 0.391 e. The van der Waals surface area contributed by atoms with E-state index in [2.05, 4.69) is 10.0 Å². The van der Waals surface area contributed by atoms with Gasteiger partial charge in [0.1, 0.15) is 9.92 Å². The van der Waals surface area contributed by atoms with Gasteiger partial charge in [-0.25, -0.2) is 26.9 Å². The van der Waals surface area contributed by atoms with E-state index in [4.69, 9.17) is 4.78 Å². The van der Waals surface area contributed by atoms with Crippen molar-refractivity contribution in [3.05, 3.63) is 53.1 Å². The summed E-state index contributed by atoms with van der Waals surface area (Å²) in [6.07, 6.45) is 1.97. The molecule has 11 heteroatoms. The second kappa shape index (κ2) is 7.24. The first kappa shape index (κ1) is 20.4. The van der Waals surface area contributed by atoms with Crippen molar-refractivity contribution in [1.82, 2.24) is 9.29 Å². The summed E-state index contributed by atoms with van der Waals surface area (Å²) in [6, 6.07) is 0.635. The number of nitrogens with zero attached hydrogens (tertiary/aromatic N) is 1. The smallest absolute Gasteiger partial charge is 0.194 e. The number of hydrogen-bond donors (Lipinski definition) is 5. The summed E-state index contributed by atoms with van der Waals surface area (Å²) in [4.78, 5) is 0.0849. The minimum atomic E-state index is -3.50. The molecule has 2 heterocycles. The Labute approximate surface area is 159 Å². The van der Waals surface area contributed by atoms with Gasteiger partial charge in [0.05, 0.1) is 22.7 Å². The predicted octanol–water partition coefficient (Wildman–Crippen LogP) is 2.23. The molecule has 2 aromatic rings. The third kappa shape index (κ3) is 3.65. The molecule has 0 bridgehead atoms. The molecule has 0 aliphatic carbocycles. The number of aromatic nitrogens is 1. The Hall–Kier alpha value is -2.34. The molecule has 0 fully saturated rings. The van der Waals surface area contributed by atoms with Crippen molar-refractivity contribution >= 4 is 21.7 Å². The van der Waals surface area contributed by atoms with Gasteiger partial charge >= 0.3 is 0 Å². The summed E-state index contributed by atoms with van der Waals surface area (Å²) >= 11 is 0. The lowest BCUT2D eigenvalue weighted by Gasteiger charge is -2.17. The monoisotopic (exact) mass is 416 g/mol. The summed E-state index contributed by atoms with van der Waals surface area (Å²) in [6.45, 7) is 1.47. The van der Waals surface area contributed by atoms with Crippen LogP contribution < -0.4 is 10.0 Å². The number of nitrogens with one attached hydrogen (secondary N) is 3. The molecular formula is C17H19F3N4O3S. The van der Waals surface area contributed by atoms with Crippen molar-refractivity contribution in [2.45, 2.75) is 30.2 Å². The number of anilines is 1. The zero-order chi connectivity index (χ0) is 20.8. The number of fused-ring (bicyclic) bond motifs is 1. The number of halogens is 3. The summed E-state index contributed by atoms with van der Waals surface area (Å²) in [7, 11) is -1.96. The molecule has 5 N–H and O–H groups in total. The Morgan fingerprint density at radius 3 is 2.46 bits per heavy atom. The second-order valence-electron chi connectivity index (χ2n) is 6.50. The SMILES string of the molecule is C[C@H](O)[C@H]1C=Cc2c(cn(C)c2C(O)Nc2cc(F)c(F)c(F)c2)S(=N)(=O)N1. The van der Waals surface area contributed by atoms with E-state index < -0.39 is 45.7 Å². The number of hydrogen-bond acceptors (Lipinski definition) is 5. The van der Waals surface area contributed by atoms with Crippen LogP contribution in [0.25, 0.3) is 6.08 Å². The molecule has 0 amide bonds. The van der Waals surface area contributed by atoms with Gasteiger partial charge in [-0.05, 0) is 6.92 Å². The normalized spacial score (nSPS) is 23.8. The fourth-order valence-electron chi connectivity index (χ4n) is 2.99. The van der Waals surface area contributed by atoms with Crippen molar-refractivity contribution in [2.75, 3.05) is 5.32 Å². The third-order valence-corrected chi connectivity index (χ3v) is 5.93. The van der Waals surface area contributed by atoms with E-state index in [0.717, 1.165) is 0 Å². The number of aliphatic hydroxyl groups excluding tert-OH is 2. The Kier molecular flexibility index (Phi) is 5.28. The van der Waals surface area contributed by atoms with E-state index >= 15 is 0 Å². The molecule has 1 aliphatic rings. The average molecular weight is 416 g/mol. The van der Waals surface area contributed by atoms with Crippen LogP contribution in [0.2, 0.25) is 0 Å². The van der Waals surface area contributed by atoms with Crippen LogP contribution in [0.3, 0.4) is 0 Å². The summed E-state index contributed by atoms with van der Waals surface area (Å²) in [5.41, 5.74) is 0.230. The van der Waals surface area contributed by atoms with E-state index in [-0.39, 0.29) is 21.8 Å². The van der Waals surface area contributed by atoms with E-state index in [1.165, 1.54) is 36.9 Å². The van der Waals surface area contributed by atoms with Crippen molar-refractivity contribution in [1.29, 1.82) is 4.78 Å². The highest BCUT2D eigenvalue weighted by Crippen LogP contribution is 2.31. The molecular weight excluding hydrogens is 397 g/mol. The molecule has 4 atom stereocenters. The van der Waals surface area contributed by atoms with Gasteiger partial charge in [0.2, 0.25) is 0 Å². The lowest BCUT2D eigenvalue weighted by atomic mass is 10.1. The molecule has 0 spiro atoms. The molecule has 3 rings (SSSR count). The predicted molar refractivity (Wildman–Crippen MR) is 97.1 cm³/mol. The van der Waals surface area contributed by atoms with Gasteiger partial charge in [-0.1, -0.05) is 12.2 Å². The first-order chi connectivity index (χ1) is 13.0. The number of aryl methyl sites for hydroxylation is 1. The van der Waals surface area contributed by atoms with Crippen LogP contribution in [-0.4, -0.2) is 31.1 Å². The van der Waals surface area contributed by atoms with Gasteiger partial charge in [-0.3, -0.25) is 0 Å². The highest BCUT2D eigenvalue weighted by atomic mass is 32.2. The highest BCUT2D eigenvalue weighted by molar-refractivity contribution is 7.90. The van der Waals surface area contributed by atoms with Gasteiger partial charge in [-0.2, -0.15) is 0 Å². The van der Waals surface area contributed by atoms with Crippen LogP contribution in [0.1, 0.15) is 24.4 Å². The molecule has 2 unspecified atom stereocenters. The van der Waals surface area contributed by atoms with Crippen LogP contribution in [0.4, 0.5) is 18.9 Å². The van der Waals surface area contributed by atoms with E-state index in [9.17, 15) is 27.6 Å². The molecule has 28 heavy (non-hydrogen) atoms. The van der Waals surface area contributed by atoms with Crippen LogP contribution in [0.15, 0.2) is 29.3 Å². The zero-order valence-electron chi connectivity index (χ0n) is 14.9. The summed E-state index contributed by atoms with van der Waals surface area (Å²) in [5, 5.41) is 22.8. The number of aliphatic hydroxyl groups is 2. The molecule has 152 valence electrons. The molecule has 0 radical (unpaired) electrons. The standard InChI is InChI=1S/C17H19F3N4O3S/c1-8(25)13-4-3-10-14(28(21,27)23-13)7-24(2)16(10)17(26)22-9-5-11(18)15(20)12(19)6-9/h3-8,13,17,22,25-26H,1-2H3,(H2,21,23,27)/t8-,13+,17?,28?/m0/s1. The third-order valence-electron chi connectivity index (χ3n) is 4.38. The van der Waals surface area contributed by atoms with Crippen molar-refractivity contribution in [3.63, 3.8) is 0 Å². The van der Waals surface area contributed by atoms with Gasteiger partial charge < -0.3 is 20.1 Å². The van der Waals surface area contributed by atoms with Gasteiger partial charge in [0.15, 0.2) is 23.7 Å². The highest BCUT2D eigenvalue weighted by Gasteiger charge is 2.29. The Balaban J connectivity index is 2.02. The summed E-state index contributed by atoms with van der Waals surface area (Å²) < 4.78 is 64.8. The fraction of sp³-hybridized carbons (Fsp3) is 0.294. The molecule has 0 saturated heterocycles. The molecule has 0 saturated carbocycles. The Bertz CT molecular complexity index is 1030. The maximum absolute atomic E-state index is 13.4.